The highest BCUT2D eigenvalue weighted by Gasteiger charge is 2.21. The van der Waals surface area contributed by atoms with E-state index in [0.717, 1.165) is 5.01 Å². The van der Waals surface area contributed by atoms with Gasteiger partial charge in [0, 0.05) is 39.9 Å². The Morgan fingerprint density at radius 3 is 2.68 bits per heavy atom. The van der Waals surface area contributed by atoms with Crippen LogP contribution in [0.5, 0.6) is 5.75 Å². The summed E-state index contributed by atoms with van der Waals surface area (Å²) < 4.78 is 11.1. The highest BCUT2D eigenvalue weighted by Crippen LogP contribution is 2.39. The van der Waals surface area contributed by atoms with E-state index in [0.29, 0.717) is 44.3 Å². The highest BCUT2D eigenvalue weighted by atomic mass is 32.1. The van der Waals surface area contributed by atoms with Crippen LogP contribution in [0.2, 0.25) is 0 Å². The summed E-state index contributed by atoms with van der Waals surface area (Å²) >= 11 is 1.47. The molecule has 3 heterocycles. The fourth-order valence-corrected chi connectivity index (χ4v) is 4.39. The number of hydrogen-bond donors (Lipinski definition) is 1. The molecule has 0 aliphatic rings. The predicted octanol–water partition coefficient (Wildman–Crippen LogP) is 4.94. The summed E-state index contributed by atoms with van der Waals surface area (Å²) in [5.41, 5.74) is 2.59. The third kappa shape index (κ3) is 3.23. The van der Waals surface area contributed by atoms with Gasteiger partial charge in [0.2, 0.25) is 0 Å². The largest absolute Gasteiger partial charge is 0.507 e. The molecule has 5 aromatic rings. The molecular weight excluding hydrogens is 414 g/mol. The van der Waals surface area contributed by atoms with E-state index in [4.69, 9.17) is 8.83 Å². The summed E-state index contributed by atoms with van der Waals surface area (Å²) in [4.78, 5) is 29.6. The van der Waals surface area contributed by atoms with Crippen molar-refractivity contribution in [1.82, 2.24) is 4.98 Å². The van der Waals surface area contributed by atoms with Crippen LogP contribution < -0.4 is 11.1 Å². The van der Waals surface area contributed by atoms with Gasteiger partial charge in [-0.15, -0.1) is 11.3 Å². The summed E-state index contributed by atoms with van der Waals surface area (Å²) in [7, 11) is 0. The number of aryl methyl sites for hydroxylation is 2. The zero-order valence-corrected chi connectivity index (χ0v) is 17.6. The Morgan fingerprint density at radius 1 is 1.10 bits per heavy atom. The van der Waals surface area contributed by atoms with Gasteiger partial charge in [-0.05, 0) is 37.6 Å². The average Bonchev–Trinajstić information content (AvgIpc) is 3.18. The van der Waals surface area contributed by atoms with E-state index in [9.17, 15) is 14.7 Å². The topological polar surface area (TPSA) is 93.5 Å². The lowest BCUT2D eigenvalue weighted by molar-refractivity contribution is 0.468. The number of phenols is 1. The van der Waals surface area contributed by atoms with E-state index in [2.05, 4.69) is 4.98 Å². The van der Waals surface area contributed by atoms with Crippen molar-refractivity contribution in [2.75, 3.05) is 0 Å². The van der Waals surface area contributed by atoms with E-state index in [1.807, 2.05) is 12.3 Å². The smallest absolute Gasteiger partial charge is 0.336 e. The first-order chi connectivity index (χ1) is 14.9. The molecule has 0 spiro atoms. The molecule has 0 atom stereocenters. The maximum absolute atomic E-state index is 13.0. The summed E-state index contributed by atoms with van der Waals surface area (Å²) in [6.07, 6.45) is 1.43. The molecule has 1 N–H and O–H groups in total. The van der Waals surface area contributed by atoms with Crippen LogP contribution in [0.15, 0.2) is 66.5 Å². The fourth-order valence-electron chi connectivity index (χ4n) is 3.78. The molecule has 0 aliphatic carbocycles. The minimum atomic E-state index is -0.520. The van der Waals surface area contributed by atoms with Crippen molar-refractivity contribution in [3.8, 4) is 17.0 Å². The van der Waals surface area contributed by atoms with Gasteiger partial charge in [-0.2, -0.15) is 0 Å². The summed E-state index contributed by atoms with van der Waals surface area (Å²) in [6.45, 7) is 3.69. The van der Waals surface area contributed by atoms with Crippen LogP contribution >= 0.6 is 11.3 Å². The molecule has 31 heavy (non-hydrogen) atoms. The number of aromatic hydroxyl groups is 1. The van der Waals surface area contributed by atoms with Crippen molar-refractivity contribution in [2.24, 2.45) is 0 Å². The molecule has 0 amide bonds. The molecule has 0 saturated carbocycles. The second kappa shape index (κ2) is 7.21. The molecule has 0 radical (unpaired) electrons. The molecule has 0 saturated heterocycles. The van der Waals surface area contributed by atoms with Gasteiger partial charge in [0.15, 0.2) is 5.43 Å². The maximum Gasteiger partial charge on any atom is 0.336 e. The molecule has 0 unspecified atom stereocenters. The number of thiazole rings is 1. The second-order valence-corrected chi connectivity index (χ2v) is 8.45. The Hall–Kier alpha value is -3.71. The first-order valence-electron chi connectivity index (χ1n) is 9.63. The van der Waals surface area contributed by atoms with E-state index in [1.54, 1.807) is 37.3 Å². The normalized spacial score (nSPS) is 11.4. The third-order valence-electron chi connectivity index (χ3n) is 5.32. The summed E-state index contributed by atoms with van der Waals surface area (Å²) in [5.74, 6) is -0.0703. The van der Waals surface area contributed by atoms with E-state index in [1.165, 1.54) is 23.7 Å². The first kappa shape index (κ1) is 19.3. The molecule has 2 aromatic carbocycles. The number of rotatable bonds is 3. The molecule has 0 bridgehead atoms. The van der Waals surface area contributed by atoms with Crippen molar-refractivity contribution in [3.63, 3.8) is 0 Å². The van der Waals surface area contributed by atoms with Crippen LogP contribution in [-0.4, -0.2) is 10.1 Å². The zero-order chi connectivity index (χ0) is 21.7. The lowest BCUT2D eigenvalue weighted by Gasteiger charge is -2.13. The standard InChI is InChI=1S/C24H17NO5S/c1-12-7-21(26)30-24-16(12)9-17(19-11-31-13(2)25-19)23(28)18(24)8-14-10-29-20-6-4-3-5-15(20)22(14)27/h3-7,9-11,28H,8H2,1-2H3. The van der Waals surface area contributed by atoms with E-state index < -0.39 is 5.63 Å². The van der Waals surface area contributed by atoms with Gasteiger partial charge in [0.05, 0.1) is 22.4 Å². The van der Waals surface area contributed by atoms with Gasteiger partial charge in [0.1, 0.15) is 16.9 Å². The molecule has 7 heteroatoms. The van der Waals surface area contributed by atoms with Gasteiger partial charge >= 0.3 is 5.63 Å². The monoisotopic (exact) mass is 431 g/mol. The Labute approximate surface area is 180 Å². The molecule has 154 valence electrons. The number of para-hydroxylation sites is 1. The number of nitrogens with zero attached hydrogens (tertiary/aromatic N) is 1. The van der Waals surface area contributed by atoms with Crippen LogP contribution in [0, 0.1) is 13.8 Å². The van der Waals surface area contributed by atoms with Gasteiger partial charge in [-0.3, -0.25) is 4.79 Å². The molecule has 5 rings (SSSR count). The van der Waals surface area contributed by atoms with Gasteiger partial charge in [-0.25, -0.2) is 9.78 Å². The number of aromatic nitrogens is 1. The minimum Gasteiger partial charge on any atom is -0.507 e. The Balaban J connectivity index is 1.79. The number of benzene rings is 2. The van der Waals surface area contributed by atoms with Crippen LogP contribution in [0.4, 0.5) is 0 Å². The van der Waals surface area contributed by atoms with Crippen molar-refractivity contribution < 1.29 is 13.9 Å². The summed E-state index contributed by atoms with van der Waals surface area (Å²) in [5, 5.41) is 15.0. The van der Waals surface area contributed by atoms with Crippen molar-refractivity contribution in [1.29, 1.82) is 0 Å². The lowest BCUT2D eigenvalue weighted by atomic mass is 9.96. The first-order valence-corrected chi connectivity index (χ1v) is 10.5. The third-order valence-corrected chi connectivity index (χ3v) is 6.10. The quantitative estimate of drug-likeness (QED) is 0.407. The van der Waals surface area contributed by atoms with Crippen LogP contribution in [0.25, 0.3) is 33.2 Å². The van der Waals surface area contributed by atoms with Crippen LogP contribution in [0.3, 0.4) is 0 Å². The zero-order valence-electron chi connectivity index (χ0n) is 16.8. The Kier molecular flexibility index (Phi) is 4.48. The van der Waals surface area contributed by atoms with Gasteiger partial charge < -0.3 is 13.9 Å². The fraction of sp³-hybridized carbons (Fsp3) is 0.125. The van der Waals surface area contributed by atoms with Crippen molar-refractivity contribution in [2.45, 2.75) is 20.3 Å². The van der Waals surface area contributed by atoms with Gasteiger partial charge in [0.25, 0.3) is 0 Å². The number of fused-ring (bicyclic) bond motifs is 2. The van der Waals surface area contributed by atoms with Crippen molar-refractivity contribution in [3.05, 3.63) is 90.4 Å². The molecular formula is C24H17NO5S. The SMILES string of the molecule is Cc1nc(-c2cc3c(C)cc(=O)oc3c(Cc3coc4ccccc4c3=O)c2O)cs1. The molecule has 3 aromatic heterocycles. The Bertz CT molecular complexity index is 1590. The Morgan fingerprint density at radius 2 is 1.90 bits per heavy atom. The molecule has 0 aliphatic heterocycles. The average molecular weight is 431 g/mol. The minimum absolute atomic E-state index is 0.0405. The lowest BCUT2D eigenvalue weighted by Crippen LogP contribution is -2.10. The summed E-state index contributed by atoms with van der Waals surface area (Å²) in [6, 6.07) is 10.2. The van der Waals surface area contributed by atoms with Crippen molar-refractivity contribution >= 4 is 33.3 Å². The molecule has 6 nitrogen and oxygen atoms in total. The second-order valence-electron chi connectivity index (χ2n) is 7.39. The maximum atomic E-state index is 13.0. The number of phenolic OH excluding ortho intramolecular Hbond substituents is 1. The van der Waals surface area contributed by atoms with E-state index >= 15 is 0 Å². The van der Waals surface area contributed by atoms with Crippen LogP contribution in [-0.2, 0) is 6.42 Å². The number of hydrogen-bond acceptors (Lipinski definition) is 7. The highest BCUT2D eigenvalue weighted by molar-refractivity contribution is 7.09. The van der Waals surface area contributed by atoms with E-state index in [-0.39, 0.29) is 23.2 Å². The molecule has 0 fully saturated rings. The van der Waals surface area contributed by atoms with Crippen LogP contribution in [0.1, 0.15) is 21.7 Å². The van der Waals surface area contributed by atoms with Gasteiger partial charge in [-0.1, -0.05) is 12.1 Å². The predicted molar refractivity (Wildman–Crippen MR) is 120 cm³/mol.